The summed E-state index contributed by atoms with van der Waals surface area (Å²) in [4.78, 5) is 0.179. The molecule has 0 bridgehead atoms. The van der Waals surface area contributed by atoms with Crippen molar-refractivity contribution in [2.75, 3.05) is 13.7 Å². The first-order valence-corrected chi connectivity index (χ1v) is 8.89. The fraction of sp³-hybridized carbons (Fsp3) is 0.529. The number of allylic oxidation sites excluding steroid dienone is 1. The molecule has 0 saturated heterocycles. The minimum absolute atomic E-state index is 0.179. The largest absolute Gasteiger partial charge is 0.382 e. The van der Waals surface area contributed by atoms with Crippen molar-refractivity contribution in [2.45, 2.75) is 44.1 Å². The molecule has 1 aromatic carbocycles. The molecule has 0 spiro atoms. The van der Waals surface area contributed by atoms with Gasteiger partial charge in [-0.2, -0.15) is 8.42 Å². The molecule has 0 fully saturated rings. The summed E-state index contributed by atoms with van der Waals surface area (Å²) in [5.41, 5.74) is 1.01. The molecule has 0 aliphatic heterocycles. The van der Waals surface area contributed by atoms with Crippen LogP contribution < -0.4 is 0 Å². The molecule has 4 nitrogen and oxygen atoms in total. The second-order valence-electron chi connectivity index (χ2n) is 5.65. The number of benzene rings is 1. The maximum absolute atomic E-state index is 12.3. The maximum Gasteiger partial charge on any atom is 0.297 e. The summed E-state index contributed by atoms with van der Waals surface area (Å²) in [6.07, 6.45) is 3.89. The van der Waals surface area contributed by atoms with Gasteiger partial charge in [0, 0.05) is 7.11 Å². The van der Waals surface area contributed by atoms with Crippen LogP contribution in [0.3, 0.4) is 0 Å². The van der Waals surface area contributed by atoms with Gasteiger partial charge in [0.2, 0.25) is 0 Å². The summed E-state index contributed by atoms with van der Waals surface area (Å²) >= 11 is 0. The summed E-state index contributed by atoms with van der Waals surface area (Å²) in [6.45, 7) is 7.94. The molecule has 0 saturated carbocycles. The summed E-state index contributed by atoms with van der Waals surface area (Å²) in [7, 11) is -2.22. The normalized spacial score (nSPS) is 14.5. The van der Waals surface area contributed by atoms with Gasteiger partial charge < -0.3 is 4.74 Å². The predicted octanol–water partition coefficient (Wildman–Crippen LogP) is 3.71. The van der Waals surface area contributed by atoms with Gasteiger partial charge >= 0.3 is 0 Å². The van der Waals surface area contributed by atoms with Gasteiger partial charge in [-0.3, -0.25) is 4.18 Å². The Labute approximate surface area is 134 Å². The lowest BCUT2D eigenvalue weighted by molar-refractivity contribution is 0.0699. The van der Waals surface area contributed by atoms with E-state index in [4.69, 9.17) is 8.92 Å². The van der Waals surface area contributed by atoms with Gasteiger partial charge in [0.25, 0.3) is 10.1 Å². The minimum Gasteiger partial charge on any atom is -0.382 e. The third-order valence-corrected chi connectivity index (χ3v) is 4.83. The Bertz CT molecular complexity index is 549. The van der Waals surface area contributed by atoms with E-state index in [0.717, 1.165) is 18.4 Å². The zero-order valence-corrected chi connectivity index (χ0v) is 14.4. The van der Waals surface area contributed by atoms with Gasteiger partial charge in [-0.15, -0.1) is 6.58 Å². The van der Waals surface area contributed by atoms with Crippen molar-refractivity contribution < 1.29 is 17.3 Å². The van der Waals surface area contributed by atoms with Gasteiger partial charge in [0.05, 0.1) is 11.5 Å². The van der Waals surface area contributed by atoms with Crippen LogP contribution in [0.15, 0.2) is 41.8 Å². The minimum atomic E-state index is -3.76. The van der Waals surface area contributed by atoms with E-state index in [2.05, 4.69) is 13.5 Å². The highest BCUT2D eigenvalue weighted by Gasteiger charge is 2.23. The van der Waals surface area contributed by atoms with E-state index in [1.54, 1.807) is 31.4 Å². The van der Waals surface area contributed by atoms with Crippen molar-refractivity contribution in [2.24, 2.45) is 5.92 Å². The molecule has 5 heteroatoms. The lowest BCUT2D eigenvalue weighted by Crippen LogP contribution is -2.25. The Morgan fingerprint density at radius 3 is 2.45 bits per heavy atom. The molecule has 0 radical (unpaired) electrons. The molecular weight excluding hydrogens is 300 g/mol. The molecule has 0 aliphatic carbocycles. The first-order chi connectivity index (χ1) is 10.4. The summed E-state index contributed by atoms with van der Waals surface area (Å²) < 4.78 is 35.1. The van der Waals surface area contributed by atoms with Gasteiger partial charge in [0.1, 0.15) is 6.10 Å². The van der Waals surface area contributed by atoms with Gasteiger partial charge in [0.15, 0.2) is 0 Å². The van der Waals surface area contributed by atoms with E-state index in [1.165, 1.54) is 0 Å². The topological polar surface area (TPSA) is 52.6 Å². The third kappa shape index (κ3) is 6.30. The Kier molecular flexibility index (Phi) is 7.79. The first-order valence-electron chi connectivity index (χ1n) is 7.48. The van der Waals surface area contributed by atoms with E-state index in [1.807, 2.05) is 13.0 Å². The lowest BCUT2D eigenvalue weighted by Gasteiger charge is -2.20. The highest BCUT2D eigenvalue weighted by atomic mass is 32.2. The second kappa shape index (κ2) is 9.08. The van der Waals surface area contributed by atoms with E-state index in [0.29, 0.717) is 12.3 Å². The number of ether oxygens (including phenoxy) is 1. The Hall–Kier alpha value is -1.17. The molecule has 124 valence electrons. The SMILES string of the molecule is C=CCCC(C)C[C@H](COC)OS(=O)(=O)c1ccc(C)cc1. The van der Waals surface area contributed by atoms with Crippen LogP contribution in [0.2, 0.25) is 0 Å². The number of hydrogen-bond acceptors (Lipinski definition) is 4. The van der Waals surface area contributed by atoms with Crippen molar-refractivity contribution in [3.63, 3.8) is 0 Å². The fourth-order valence-electron chi connectivity index (χ4n) is 2.23. The fourth-order valence-corrected chi connectivity index (χ4v) is 3.30. The van der Waals surface area contributed by atoms with Crippen molar-refractivity contribution in [1.29, 1.82) is 0 Å². The van der Waals surface area contributed by atoms with Crippen molar-refractivity contribution >= 4 is 10.1 Å². The van der Waals surface area contributed by atoms with Crippen molar-refractivity contribution in [3.8, 4) is 0 Å². The van der Waals surface area contributed by atoms with Crippen molar-refractivity contribution in [3.05, 3.63) is 42.5 Å². The van der Waals surface area contributed by atoms with E-state index >= 15 is 0 Å². The van der Waals surface area contributed by atoms with Crippen LogP contribution in [0.1, 0.15) is 31.7 Å². The molecule has 1 rings (SSSR count). The summed E-state index contributed by atoms with van der Waals surface area (Å²) in [6, 6.07) is 6.65. The van der Waals surface area contributed by atoms with Crippen LogP contribution in [-0.2, 0) is 19.0 Å². The summed E-state index contributed by atoms with van der Waals surface area (Å²) in [5.74, 6) is 0.339. The molecule has 1 aromatic rings. The third-order valence-electron chi connectivity index (χ3n) is 3.45. The molecule has 0 heterocycles. The Morgan fingerprint density at radius 2 is 1.91 bits per heavy atom. The number of rotatable bonds is 10. The quantitative estimate of drug-likeness (QED) is 0.486. The smallest absolute Gasteiger partial charge is 0.297 e. The van der Waals surface area contributed by atoms with Crippen LogP contribution in [-0.4, -0.2) is 28.2 Å². The van der Waals surface area contributed by atoms with E-state index in [9.17, 15) is 8.42 Å². The van der Waals surface area contributed by atoms with Crippen molar-refractivity contribution in [1.82, 2.24) is 0 Å². The molecular formula is C17H26O4S. The standard InChI is InChI=1S/C17H26O4S/c1-5-6-7-15(3)12-16(13-20-4)21-22(18,19)17-10-8-14(2)9-11-17/h5,8-11,15-16H,1,6-7,12-13H2,2-4H3/t15?,16-/m1/s1. The van der Waals surface area contributed by atoms with Gasteiger partial charge in [-0.25, -0.2) is 0 Å². The molecule has 0 aromatic heterocycles. The molecule has 2 atom stereocenters. The molecule has 0 amide bonds. The van der Waals surface area contributed by atoms with Crippen LogP contribution in [0.25, 0.3) is 0 Å². The van der Waals surface area contributed by atoms with Crippen LogP contribution in [0.5, 0.6) is 0 Å². The predicted molar refractivity (Wildman–Crippen MR) is 88.3 cm³/mol. The first kappa shape index (κ1) is 18.9. The lowest BCUT2D eigenvalue weighted by atomic mass is 9.99. The molecule has 1 unspecified atom stereocenters. The highest BCUT2D eigenvalue weighted by molar-refractivity contribution is 7.86. The van der Waals surface area contributed by atoms with Gasteiger partial charge in [-0.1, -0.05) is 30.7 Å². The van der Waals surface area contributed by atoms with E-state index in [-0.39, 0.29) is 11.5 Å². The number of aryl methyl sites for hydroxylation is 1. The number of methoxy groups -OCH3 is 1. The highest BCUT2D eigenvalue weighted by Crippen LogP contribution is 2.21. The van der Waals surface area contributed by atoms with E-state index < -0.39 is 16.2 Å². The maximum atomic E-state index is 12.3. The Balaban J connectivity index is 2.75. The summed E-state index contributed by atoms with van der Waals surface area (Å²) in [5, 5.41) is 0. The van der Waals surface area contributed by atoms with Gasteiger partial charge in [-0.05, 0) is 44.2 Å². The monoisotopic (exact) mass is 326 g/mol. The number of hydrogen-bond donors (Lipinski definition) is 0. The van der Waals surface area contributed by atoms with Crippen LogP contribution >= 0.6 is 0 Å². The zero-order valence-electron chi connectivity index (χ0n) is 13.6. The zero-order chi connectivity index (χ0) is 16.6. The molecule has 0 aliphatic rings. The second-order valence-corrected chi connectivity index (χ2v) is 7.22. The molecule has 22 heavy (non-hydrogen) atoms. The van der Waals surface area contributed by atoms with Crippen LogP contribution in [0.4, 0.5) is 0 Å². The average Bonchev–Trinajstić information content (AvgIpc) is 2.45. The Morgan fingerprint density at radius 1 is 1.27 bits per heavy atom. The average molecular weight is 326 g/mol. The van der Waals surface area contributed by atoms with Crippen LogP contribution in [0, 0.1) is 12.8 Å². The molecule has 0 N–H and O–H groups in total.